The van der Waals surface area contributed by atoms with Crippen LogP contribution in [0.2, 0.25) is 0 Å². The molecule has 0 spiro atoms. The highest BCUT2D eigenvalue weighted by Gasteiger charge is 2.24. The minimum Gasteiger partial charge on any atom is -0.445 e. The number of hydrogen-bond donors (Lipinski definition) is 1. The Morgan fingerprint density at radius 3 is 2.47 bits per heavy atom. The fraction of sp³-hybridized carbons (Fsp3) is 0.100. The van der Waals surface area contributed by atoms with Gasteiger partial charge in [-0.05, 0) is 5.56 Å². The Hall–Kier alpha value is -1.77. The summed E-state index contributed by atoms with van der Waals surface area (Å²) >= 11 is 1.22. The zero-order valence-corrected chi connectivity index (χ0v) is 10.3. The highest BCUT2D eigenvalue weighted by Crippen LogP contribution is 2.10. The first-order chi connectivity index (χ1) is 8.95. The van der Waals surface area contributed by atoms with Gasteiger partial charge in [-0.2, -0.15) is 5.10 Å². The van der Waals surface area contributed by atoms with Gasteiger partial charge in [0, 0.05) is 0 Å². The van der Waals surface area contributed by atoms with E-state index in [-0.39, 0.29) is 5.91 Å². The smallest absolute Gasteiger partial charge is 0.445 e. The van der Waals surface area contributed by atoms with Crippen LogP contribution in [0.1, 0.15) is 5.56 Å². The number of carbonyl (C=O) groups excluding carboxylic acids is 1. The molecule has 19 heavy (non-hydrogen) atoms. The third kappa shape index (κ3) is 3.85. The Morgan fingerprint density at radius 2 is 1.95 bits per heavy atom. The molecule has 0 aliphatic carbocycles. The van der Waals surface area contributed by atoms with E-state index in [4.69, 9.17) is 0 Å². The summed E-state index contributed by atoms with van der Waals surface area (Å²) in [5.41, 5.74) is -0.149. The van der Waals surface area contributed by atoms with Gasteiger partial charge in [0.05, 0.1) is 12.0 Å². The van der Waals surface area contributed by atoms with E-state index in [1.807, 2.05) is 0 Å². The first-order valence-corrected chi connectivity index (χ1v) is 6.27. The van der Waals surface area contributed by atoms with Gasteiger partial charge in [0.1, 0.15) is 0 Å². The van der Waals surface area contributed by atoms with E-state index in [9.17, 15) is 17.7 Å². The van der Waals surface area contributed by atoms with Gasteiger partial charge in [-0.25, -0.2) is 0 Å². The second-order valence-electron chi connectivity index (χ2n) is 3.73. The van der Waals surface area contributed by atoms with Crippen LogP contribution in [0.15, 0.2) is 34.5 Å². The van der Waals surface area contributed by atoms with Gasteiger partial charge in [-0.15, -0.1) is 10.6 Å². The van der Waals surface area contributed by atoms with E-state index in [2.05, 4.69) is 15.5 Å². The van der Waals surface area contributed by atoms with Crippen molar-refractivity contribution in [3.8, 4) is 0 Å². The van der Waals surface area contributed by atoms with Crippen molar-refractivity contribution in [1.29, 1.82) is 0 Å². The molecule has 100 valence electrons. The third-order valence-corrected chi connectivity index (χ3v) is 3.12. The fourth-order valence-electron chi connectivity index (χ4n) is 1.33. The number of nitrogens with zero attached hydrogens (tertiary/aromatic N) is 2. The van der Waals surface area contributed by atoms with E-state index in [1.54, 1.807) is 0 Å². The SMILES string of the molecule is O=C1CSC(=NN=Cc2ccc([B-](F)(F)F)cc2)N1. The number of nitrogens with one attached hydrogen (secondary N) is 1. The number of hydrogen-bond acceptors (Lipinski definition) is 4. The minimum atomic E-state index is -4.97. The summed E-state index contributed by atoms with van der Waals surface area (Å²) in [6, 6.07) is 4.63. The Kier molecular flexibility index (Phi) is 3.94. The molecule has 0 atom stereocenters. The summed E-state index contributed by atoms with van der Waals surface area (Å²) < 4.78 is 37.1. The first kappa shape index (κ1) is 13.7. The van der Waals surface area contributed by atoms with E-state index in [0.717, 1.165) is 12.1 Å². The Balaban J connectivity index is 2.02. The lowest BCUT2D eigenvalue weighted by Gasteiger charge is -2.14. The number of halogens is 3. The van der Waals surface area contributed by atoms with Gasteiger partial charge in [0.25, 0.3) is 0 Å². The number of amidine groups is 1. The van der Waals surface area contributed by atoms with Crippen molar-refractivity contribution in [2.24, 2.45) is 10.2 Å². The molecule has 0 bridgehead atoms. The second kappa shape index (κ2) is 5.47. The summed E-state index contributed by atoms with van der Waals surface area (Å²) in [6.45, 7) is -4.97. The van der Waals surface area contributed by atoms with Crippen LogP contribution in [-0.4, -0.2) is 30.0 Å². The molecular formula is C10H8BF3N3OS-. The molecule has 1 heterocycles. The van der Waals surface area contributed by atoms with Crippen LogP contribution in [0.4, 0.5) is 12.9 Å². The van der Waals surface area contributed by atoms with Crippen LogP contribution < -0.4 is 10.8 Å². The van der Waals surface area contributed by atoms with E-state index < -0.39 is 12.4 Å². The summed E-state index contributed by atoms with van der Waals surface area (Å²) in [6.07, 6.45) is 1.32. The minimum absolute atomic E-state index is 0.143. The number of thioether (sulfide) groups is 1. The van der Waals surface area contributed by atoms with Crippen molar-refractivity contribution in [3.05, 3.63) is 29.8 Å². The predicted octanol–water partition coefficient (Wildman–Crippen LogP) is 1.29. The highest BCUT2D eigenvalue weighted by atomic mass is 32.2. The fourth-order valence-corrected chi connectivity index (χ4v) is 1.96. The molecule has 1 saturated heterocycles. The normalized spacial score (nSPS) is 18.3. The largest absolute Gasteiger partial charge is 0.509 e. The van der Waals surface area contributed by atoms with Crippen LogP contribution >= 0.6 is 11.8 Å². The van der Waals surface area contributed by atoms with E-state index in [0.29, 0.717) is 16.5 Å². The zero-order valence-electron chi connectivity index (χ0n) is 9.52. The van der Waals surface area contributed by atoms with Crippen molar-refractivity contribution in [2.75, 3.05) is 5.75 Å². The molecule has 0 unspecified atom stereocenters. The number of amides is 1. The van der Waals surface area contributed by atoms with Crippen LogP contribution in [-0.2, 0) is 4.79 Å². The Labute approximate surface area is 111 Å². The average molecular weight is 286 g/mol. The molecule has 1 aliphatic rings. The van der Waals surface area contributed by atoms with Gasteiger partial charge in [-0.1, -0.05) is 36.0 Å². The van der Waals surface area contributed by atoms with Crippen LogP contribution in [0, 0.1) is 0 Å². The average Bonchev–Trinajstić information content (AvgIpc) is 2.75. The Morgan fingerprint density at radius 1 is 1.26 bits per heavy atom. The molecule has 0 radical (unpaired) electrons. The molecule has 9 heteroatoms. The van der Waals surface area contributed by atoms with Crippen molar-refractivity contribution in [1.82, 2.24) is 5.32 Å². The van der Waals surface area contributed by atoms with Gasteiger partial charge in [0.15, 0.2) is 5.17 Å². The topological polar surface area (TPSA) is 53.8 Å². The van der Waals surface area contributed by atoms with Gasteiger partial charge < -0.3 is 18.3 Å². The first-order valence-electron chi connectivity index (χ1n) is 5.29. The maximum Gasteiger partial charge on any atom is 0.509 e. The Bertz CT molecular complexity index is 542. The van der Waals surface area contributed by atoms with Gasteiger partial charge >= 0.3 is 6.98 Å². The van der Waals surface area contributed by atoms with Gasteiger partial charge in [-0.3, -0.25) is 4.79 Å². The molecular weight excluding hydrogens is 278 g/mol. The lowest BCUT2D eigenvalue weighted by molar-refractivity contribution is -0.116. The summed E-state index contributed by atoms with van der Waals surface area (Å²) in [5, 5.41) is 10.3. The summed E-state index contributed by atoms with van der Waals surface area (Å²) in [4.78, 5) is 10.8. The maximum atomic E-state index is 12.4. The molecule has 1 N–H and O–H groups in total. The molecule has 2 rings (SSSR count). The number of benzene rings is 1. The van der Waals surface area contributed by atoms with E-state index >= 15 is 0 Å². The van der Waals surface area contributed by atoms with Crippen LogP contribution in [0.25, 0.3) is 0 Å². The van der Waals surface area contributed by atoms with Crippen molar-refractivity contribution in [3.63, 3.8) is 0 Å². The molecule has 1 amide bonds. The summed E-state index contributed by atoms with van der Waals surface area (Å²) in [5.74, 6) is 0.159. The molecule has 1 aromatic carbocycles. The van der Waals surface area contributed by atoms with Crippen molar-refractivity contribution >= 4 is 41.5 Å². The quantitative estimate of drug-likeness (QED) is 0.517. The lowest BCUT2D eigenvalue weighted by Crippen LogP contribution is -2.33. The molecule has 1 aliphatic heterocycles. The van der Waals surface area contributed by atoms with Crippen molar-refractivity contribution < 1.29 is 17.7 Å². The van der Waals surface area contributed by atoms with Gasteiger partial charge in [0.2, 0.25) is 5.91 Å². The zero-order chi connectivity index (χ0) is 13.9. The molecule has 0 saturated carbocycles. The molecule has 1 fully saturated rings. The second-order valence-corrected chi connectivity index (χ2v) is 4.69. The van der Waals surface area contributed by atoms with Crippen molar-refractivity contribution in [2.45, 2.75) is 0 Å². The van der Waals surface area contributed by atoms with E-state index in [1.165, 1.54) is 30.1 Å². The highest BCUT2D eigenvalue weighted by molar-refractivity contribution is 8.15. The molecule has 4 nitrogen and oxygen atoms in total. The standard InChI is InChI=1S/C10H8BF3N3OS/c12-11(13,14)8-3-1-7(2-4-8)5-15-17-10-16-9(18)6-19-10/h1-5H,6H2,(H,16,17,18)/q-1. The third-order valence-electron chi connectivity index (χ3n) is 2.26. The molecule has 0 aromatic heterocycles. The molecule has 1 aromatic rings. The predicted molar refractivity (Wildman–Crippen MR) is 70.8 cm³/mol. The monoisotopic (exact) mass is 286 g/mol. The number of rotatable bonds is 3. The lowest BCUT2D eigenvalue weighted by atomic mass is 9.80. The summed E-state index contributed by atoms with van der Waals surface area (Å²) in [7, 11) is 0. The van der Waals surface area contributed by atoms with Crippen LogP contribution in [0.5, 0.6) is 0 Å². The maximum absolute atomic E-state index is 12.4. The number of carbonyl (C=O) groups is 1. The van der Waals surface area contributed by atoms with Crippen LogP contribution in [0.3, 0.4) is 0 Å².